The van der Waals surface area contributed by atoms with Crippen molar-refractivity contribution in [2.75, 3.05) is 0 Å². The normalized spacial score (nSPS) is 12.4. The smallest absolute Gasteiger partial charge is 0.261 e. The molecule has 5 nitrogen and oxygen atoms in total. The summed E-state index contributed by atoms with van der Waals surface area (Å²) in [6.07, 6.45) is 2.22. The minimum absolute atomic E-state index is 0.0676. The molecule has 6 heteroatoms. The Kier molecular flexibility index (Phi) is 5.04. The molecule has 1 amide bonds. The molecular weight excluding hydrogens is 326 g/mol. The Morgan fingerprint density at radius 2 is 1.92 bits per heavy atom. The topological polar surface area (TPSA) is 64.0 Å². The third kappa shape index (κ3) is 4.81. The lowest BCUT2D eigenvalue weighted by Crippen LogP contribution is -2.47. The molecule has 0 saturated heterocycles. The minimum atomic E-state index is -0.355. The van der Waals surface area contributed by atoms with Crippen LogP contribution in [0, 0.1) is 5.41 Å². The van der Waals surface area contributed by atoms with E-state index >= 15 is 0 Å². The average Bonchev–Trinajstić information content (AvgIpc) is 2.39. The van der Waals surface area contributed by atoms with Gasteiger partial charge in [0.15, 0.2) is 0 Å². The summed E-state index contributed by atoms with van der Waals surface area (Å²) in [6.45, 7) is 10.3. The molecule has 2 rings (SSSR count). The fraction of sp³-hybridized carbons (Fsp3) is 0.500. The van der Waals surface area contributed by atoms with E-state index in [9.17, 15) is 9.59 Å². The van der Waals surface area contributed by atoms with E-state index in [0.717, 1.165) is 6.42 Å². The molecule has 0 fully saturated rings. The van der Waals surface area contributed by atoms with Gasteiger partial charge in [-0.2, -0.15) is 0 Å². The summed E-state index contributed by atoms with van der Waals surface area (Å²) in [6, 6.07) is 4.95. The zero-order valence-electron chi connectivity index (χ0n) is 14.8. The molecule has 0 atom stereocenters. The Balaban J connectivity index is 2.19. The largest absolute Gasteiger partial charge is 0.350 e. The van der Waals surface area contributed by atoms with Gasteiger partial charge >= 0.3 is 0 Å². The zero-order valence-corrected chi connectivity index (χ0v) is 15.6. The van der Waals surface area contributed by atoms with Crippen LogP contribution in [0.5, 0.6) is 0 Å². The van der Waals surface area contributed by atoms with E-state index in [1.165, 1.54) is 10.9 Å². The summed E-state index contributed by atoms with van der Waals surface area (Å²) in [5.74, 6) is -0.213. The van der Waals surface area contributed by atoms with Crippen molar-refractivity contribution in [3.05, 3.63) is 39.9 Å². The predicted octanol–water partition coefficient (Wildman–Crippen LogP) is 3.38. The number of amides is 1. The van der Waals surface area contributed by atoms with Crippen LogP contribution < -0.4 is 10.9 Å². The van der Waals surface area contributed by atoms with Gasteiger partial charge in [0.2, 0.25) is 5.91 Å². The molecule has 0 aliphatic rings. The molecule has 0 aliphatic carbocycles. The van der Waals surface area contributed by atoms with E-state index in [-0.39, 0.29) is 29.0 Å². The van der Waals surface area contributed by atoms with Crippen molar-refractivity contribution in [3.8, 4) is 0 Å². The summed E-state index contributed by atoms with van der Waals surface area (Å²) in [5, 5.41) is 3.87. The first-order chi connectivity index (χ1) is 11.0. The van der Waals surface area contributed by atoms with Crippen molar-refractivity contribution in [3.63, 3.8) is 0 Å². The number of aromatic nitrogens is 2. The predicted molar refractivity (Wildman–Crippen MR) is 97.3 cm³/mol. The number of carbonyl (C=O) groups excluding carboxylic acids is 1. The van der Waals surface area contributed by atoms with Gasteiger partial charge in [-0.15, -0.1) is 0 Å². The highest BCUT2D eigenvalue weighted by atomic mass is 35.5. The molecule has 130 valence electrons. The lowest BCUT2D eigenvalue weighted by Gasteiger charge is -2.33. The van der Waals surface area contributed by atoms with Crippen LogP contribution in [-0.2, 0) is 11.3 Å². The van der Waals surface area contributed by atoms with E-state index in [0.29, 0.717) is 15.9 Å². The molecule has 1 N–H and O–H groups in total. The van der Waals surface area contributed by atoms with E-state index in [2.05, 4.69) is 31.1 Å². The summed E-state index contributed by atoms with van der Waals surface area (Å²) >= 11 is 5.94. The van der Waals surface area contributed by atoms with Crippen LogP contribution in [0.15, 0.2) is 29.3 Å². The van der Waals surface area contributed by atoms with Crippen molar-refractivity contribution in [2.45, 2.75) is 53.1 Å². The second-order valence-electron chi connectivity index (χ2n) is 8.01. The highest BCUT2D eigenvalue weighted by Gasteiger charge is 2.27. The molecule has 1 aromatic heterocycles. The molecule has 1 heterocycles. The van der Waals surface area contributed by atoms with Gasteiger partial charge in [0.1, 0.15) is 6.54 Å². The highest BCUT2D eigenvalue weighted by Crippen LogP contribution is 2.26. The average molecular weight is 350 g/mol. The maximum absolute atomic E-state index is 12.5. The molecule has 0 bridgehead atoms. The minimum Gasteiger partial charge on any atom is -0.350 e. The second kappa shape index (κ2) is 6.55. The second-order valence-corrected chi connectivity index (χ2v) is 8.45. The number of rotatable bonds is 4. The molecule has 0 saturated carbocycles. The van der Waals surface area contributed by atoms with Gasteiger partial charge in [-0.25, -0.2) is 4.98 Å². The number of halogens is 1. The number of carbonyl (C=O) groups is 1. The Hall–Kier alpha value is -1.88. The van der Waals surface area contributed by atoms with Crippen molar-refractivity contribution in [1.82, 2.24) is 14.9 Å². The number of fused-ring (bicyclic) bond motifs is 1. The molecule has 0 spiro atoms. The Bertz CT molecular complexity index is 819. The maximum Gasteiger partial charge on any atom is 0.261 e. The Morgan fingerprint density at radius 1 is 1.25 bits per heavy atom. The van der Waals surface area contributed by atoms with E-state index < -0.39 is 0 Å². The van der Waals surface area contributed by atoms with Crippen LogP contribution >= 0.6 is 11.6 Å². The number of hydrogen-bond donors (Lipinski definition) is 1. The number of hydrogen-bond acceptors (Lipinski definition) is 3. The Labute approximate surface area is 147 Å². The fourth-order valence-corrected chi connectivity index (χ4v) is 3.36. The first-order valence-corrected chi connectivity index (χ1v) is 8.30. The SMILES string of the molecule is CC(C)(C)CC(C)(C)NC(=O)Cn1cnc2ccc(Cl)cc2c1=O. The molecule has 0 unspecified atom stereocenters. The summed E-state index contributed by atoms with van der Waals surface area (Å²) in [7, 11) is 0. The molecule has 0 radical (unpaired) electrons. The van der Waals surface area contributed by atoms with E-state index in [1.807, 2.05) is 13.8 Å². The lowest BCUT2D eigenvalue weighted by molar-refractivity contribution is -0.123. The maximum atomic E-state index is 12.5. The Morgan fingerprint density at radius 3 is 2.54 bits per heavy atom. The highest BCUT2D eigenvalue weighted by molar-refractivity contribution is 6.31. The van der Waals surface area contributed by atoms with Gasteiger partial charge in [-0.3, -0.25) is 14.2 Å². The number of benzene rings is 1. The van der Waals surface area contributed by atoms with Gasteiger partial charge in [-0.1, -0.05) is 32.4 Å². The van der Waals surface area contributed by atoms with Crippen LogP contribution in [-0.4, -0.2) is 21.0 Å². The van der Waals surface area contributed by atoms with Crippen LogP contribution in [0.1, 0.15) is 41.0 Å². The third-order valence-electron chi connectivity index (χ3n) is 3.55. The van der Waals surface area contributed by atoms with Crippen LogP contribution in [0.2, 0.25) is 5.02 Å². The van der Waals surface area contributed by atoms with Gasteiger partial charge in [0, 0.05) is 10.6 Å². The first-order valence-electron chi connectivity index (χ1n) is 7.93. The van der Waals surface area contributed by atoms with Crippen LogP contribution in [0.25, 0.3) is 10.9 Å². The molecule has 2 aromatic rings. The first kappa shape index (κ1) is 18.5. The van der Waals surface area contributed by atoms with Crippen molar-refractivity contribution >= 4 is 28.4 Å². The quantitative estimate of drug-likeness (QED) is 0.920. The third-order valence-corrected chi connectivity index (χ3v) is 3.79. The lowest BCUT2D eigenvalue weighted by atomic mass is 9.82. The van der Waals surface area contributed by atoms with Gasteiger partial charge < -0.3 is 5.32 Å². The number of nitrogens with one attached hydrogen (secondary N) is 1. The van der Waals surface area contributed by atoms with Gasteiger partial charge in [0.05, 0.1) is 17.2 Å². The summed E-state index contributed by atoms with van der Waals surface area (Å²) in [5.41, 5.74) is 0.0295. The standard InChI is InChI=1S/C18H24ClN3O2/c1-17(2,3)10-18(4,5)21-15(23)9-22-11-20-14-7-6-12(19)8-13(14)16(22)24/h6-8,11H,9-10H2,1-5H3,(H,21,23). The zero-order chi connectivity index (χ0) is 18.1. The van der Waals surface area contributed by atoms with Crippen LogP contribution in [0.4, 0.5) is 0 Å². The monoisotopic (exact) mass is 349 g/mol. The van der Waals surface area contributed by atoms with Gasteiger partial charge in [-0.05, 0) is 43.9 Å². The van der Waals surface area contributed by atoms with E-state index in [4.69, 9.17) is 11.6 Å². The molecule has 24 heavy (non-hydrogen) atoms. The van der Waals surface area contributed by atoms with Gasteiger partial charge in [0.25, 0.3) is 5.56 Å². The van der Waals surface area contributed by atoms with Crippen molar-refractivity contribution < 1.29 is 4.79 Å². The fourth-order valence-electron chi connectivity index (χ4n) is 3.19. The molecular formula is C18H24ClN3O2. The van der Waals surface area contributed by atoms with Crippen molar-refractivity contribution in [1.29, 1.82) is 0 Å². The number of nitrogens with zero attached hydrogens (tertiary/aromatic N) is 2. The summed E-state index contributed by atoms with van der Waals surface area (Å²) in [4.78, 5) is 29.1. The van der Waals surface area contributed by atoms with Crippen molar-refractivity contribution in [2.24, 2.45) is 5.41 Å². The summed E-state index contributed by atoms with van der Waals surface area (Å²) < 4.78 is 1.31. The van der Waals surface area contributed by atoms with E-state index in [1.54, 1.807) is 18.2 Å². The van der Waals surface area contributed by atoms with Crippen LogP contribution in [0.3, 0.4) is 0 Å². The molecule has 1 aromatic carbocycles. The molecule has 0 aliphatic heterocycles.